The summed E-state index contributed by atoms with van der Waals surface area (Å²) in [6.45, 7) is 14.7. The van der Waals surface area contributed by atoms with Crippen molar-refractivity contribution in [1.82, 2.24) is 4.98 Å². The summed E-state index contributed by atoms with van der Waals surface area (Å²) in [6.07, 6.45) is 4.49. The molecule has 0 saturated heterocycles. The molecule has 3 aliphatic carbocycles. The molecule has 1 aromatic rings. The molecule has 0 aliphatic heterocycles. The van der Waals surface area contributed by atoms with Gasteiger partial charge in [-0.1, -0.05) is 33.4 Å². The van der Waals surface area contributed by atoms with Gasteiger partial charge in [0.15, 0.2) is 5.60 Å². The number of aromatic nitrogens is 1. The van der Waals surface area contributed by atoms with E-state index < -0.39 is 47.6 Å². The highest BCUT2D eigenvalue weighted by Gasteiger charge is 2.65. The molecule has 2 fully saturated rings. The molecule has 3 aliphatic rings. The SMILES string of the molecule is C=C1CC[C@H]2[C@@H](/C=C(\C)C(=O)[C@@]3(OC(C)=O)C[C@H](C)[C@H](OC(=O)c4cccnc4)C3[C@@H]1OC(C)=O)C2(C)C. The molecule has 204 valence electrons. The lowest BCUT2D eigenvalue weighted by Crippen LogP contribution is -2.55. The third-order valence-corrected chi connectivity index (χ3v) is 8.65. The van der Waals surface area contributed by atoms with Crippen molar-refractivity contribution in [2.75, 3.05) is 0 Å². The van der Waals surface area contributed by atoms with Gasteiger partial charge in [0.25, 0.3) is 0 Å². The van der Waals surface area contributed by atoms with Gasteiger partial charge < -0.3 is 14.2 Å². The molecule has 0 bridgehead atoms. The molecule has 8 nitrogen and oxygen atoms in total. The second-order valence-corrected chi connectivity index (χ2v) is 11.7. The molecule has 1 heterocycles. The van der Waals surface area contributed by atoms with E-state index in [0.29, 0.717) is 23.5 Å². The van der Waals surface area contributed by atoms with E-state index in [9.17, 15) is 19.2 Å². The lowest BCUT2D eigenvalue weighted by Gasteiger charge is -2.39. The van der Waals surface area contributed by atoms with E-state index in [1.807, 2.05) is 13.0 Å². The molecule has 0 radical (unpaired) electrons. The number of nitrogens with zero attached hydrogens (tertiary/aromatic N) is 1. The summed E-state index contributed by atoms with van der Waals surface area (Å²) >= 11 is 0. The second-order valence-electron chi connectivity index (χ2n) is 11.7. The molecule has 0 aromatic carbocycles. The number of pyridine rings is 1. The van der Waals surface area contributed by atoms with Gasteiger partial charge in [-0.25, -0.2) is 4.79 Å². The minimum atomic E-state index is -1.70. The zero-order valence-electron chi connectivity index (χ0n) is 23.0. The molecule has 4 rings (SSSR count). The Morgan fingerprint density at radius 3 is 2.45 bits per heavy atom. The molecule has 0 amide bonds. The van der Waals surface area contributed by atoms with Crippen LogP contribution in [-0.4, -0.2) is 46.5 Å². The summed E-state index contributed by atoms with van der Waals surface area (Å²) in [6, 6.07) is 3.21. The maximum Gasteiger partial charge on any atom is 0.339 e. The number of hydrogen-bond donors (Lipinski definition) is 0. The summed E-state index contributed by atoms with van der Waals surface area (Å²) in [7, 11) is 0. The summed E-state index contributed by atoms with van der Waals surface area (Å²) in [5.41, 5.74) is -0.358. The molecule has 1 aromatic heterocycles. The van der Waals surface area contributed by atoms with Crippen molar-refractivity contribution in [1.29, 1.82) is 0 Å². The van der Waals surface area contributed by atoms with Crippen LogP contribution in [0.4, 0.5) is 0 Å². The maximum atomic E-state index is 14.3. The summed E-state index contributed by atoms with van der Waals surface area (Å²) in [5.74, 6) is -3.04. The molecule has 38 heavy (non-hydrogen) atoms. The predicted molar refractivity (Wildman–Crippen MR) is 139 cm³/mol. The molecule has 2 saturated carbocycles. The molecular formula is C30H37NO7. The average molecular weight is 524 g/mol. The Kier molecular flexibility index (Phi) is 7.38. The average Bonchev–Trinajstić information content (AvgIpc) is 3.24. The van der Waals surface area contributed by atoms with E-state index >= 15 is 0 Å². The zero-order valence-corrected chi connectivity index (χ0v) is 23.0. The third kappa shape index (κ3) is 4.93. The number of ether oxygens (including phenoxy) is 3. The van der Waals surface area contributed by atoms with Crippen molar-refractivity contribution in [3.63, 3.8) is 0 Å². The standard InChI is InChI=1S/C30H37NO7/c1-16-10-11-22-23(29(22,6)7)13-17(2)27(34)30(38-20(5)33)14-18(3)26(24(30)25(16)36-19(4)32)37-28(35)21-9-8-12-31-15-21/h8-9,12-13,15,18,22-26H,1,10-11,14H2,2-7H3/b17-13+/t18-,22-,23+,24?,25+,26-,30+/m0/s1. The maximum absolute atomic E-state index is 14.3. The molecular weight excluding hydrogens is 486 g/mol. The fourth-order valence-electron chi connectivity index (χ4n) is 6.71. The van der Waals surface area contributed by atoms with Gasteiger partial charge in [0.2, 0.25) is 5.78 Å². The summed E-state index contributed by atoms with van der Waals surface area (Å²) in [5, 5.41) is 0. The van der Waals surface area contributed by atoms with Crippen LogP contribution in [0.3, 0.4) is 0 Å². The molecule has 7 atom stereocenters. The Morgan fingerprint density at radius 1 is 1.13 bits per heavy atom. The number of carbonyl (C=O) groups is 4. The number of hydrogen-bond acceptors (Lipinski definition) is 8. The fraction of sp³-hybridized carbons (Fsp3) is 0.567. The number of ketones is 1. The first-order valence-corrected chi connectivity index (χ1v) is 13.2. The minimum Gasteiger partial charge on any atom is -0.458 e. The predicted octanol–water partition coefficient (Wildman–Crippen LogP) is 4.63. The van der Waals surface area contributed by atoms with Crippen LogP contribution in [0.2, 0.25) is 0 Å². The largest absolute Gasteiger partial charge is 0.458 e. The topological polar surface area (TPSA) is 109 Å². The molecule has 0 spiro atoms. The van der Waals surface area contributed by atoms with E-state index in [1.165, 1.54) is 20.0 Å². The van der Waals surface area contributed by atoms with Crippen LogP contribution in [-0.2, 0) is 28.6 Å². The Bertz CT molecular complexity index is 1190. The first-order chi connectivity index (χ1) is 17.8. The van der Waals surface area contributed by atoms with Gasteiger partial charge in [0.05, 0.1) is 11.5 Å². The molecule has 1 unspecified atom stereocenters. The highest BCUT2D eigenvalue weighted by molar-refractivity contribution is 6.03. The van der Waals surface area contributed by atoms with Crippen molar-refractivity contribution in [3.05, 3.63) is 53.9 Å². The van der Waals surface area contributed by atoms with Crippen LogP contribution in [0, 0.1) is 29.1 Å². The van der Waals surface area contributed by atoms with Crippen molar-refractivity contribution in [2.24, 2.45) is 29.1 Å². The first-order valence-electron chi connectivity index (χ1n) is 13.2. The van der Waals surface area contributed by atoms with Crippen LogP contribution in [0.25, 0.3) is 0 Å². The van der Waals surface area contributed by atoms with Crippen LogP contribution >= 0.6 is 0 Å². The number of esters is 3. The number of fused-ring (bicyclic) bond motifs is 2. The lowest BCUT2D eigenvalue weighted by molar-refractivity contribution is -0.179. The van der Waals surface area contributed by atoms with Gasteiger partial charge in [-0.2, -0.15) is 0 Å². The quantitative estimate of drug-likeness (QED) is 0.319. The van der Waals surface area contributed by atoms with Gasteiger partial charge in [0, 0.05) is 32.7 Å². The minimum absolute atomic E-state index is 0.0106. The van der Waals surface area contributed by atoms with Crippen molar-refractivity contribution in [2.45, 2.75) is 78.6 Å². The Balaban J connectivity index is 1.87. The van der Waals surface area contributed by atoms with Gasteiger partial charge in [0.1, 0.15) is 12.2 Å². The molecule has 8 heteroatoms. The monoisotopic (exact) mass is 523 g/mol. The van der Waals surface area contributed by atoms with E-state index in [1.54, 1.807) is 25.3 Å². The second kappa shape index (κ2) is 10.1. The van der Waals surface area contributed by atoms with Crippen molar-refractivity contribution >= 4 is 23.7 Å². The Hall–Kier alpha value is -3.29. The van der Waals surface area contributed by atoms with Crippen molar-refractivity contribution in [3.8, 4) is 0 Å². The van der Waals surface area contributed by atoms with E-state index in [0.717, 1.165) is 6.42 Å². The summed E-state index contributed by atoms with van der Waals surface area (Å²) in [4.78, 5) is 56.3. The smallest absolute Gasteiger partial charge is 0.339 e. The van der Waals surface area contributed by atoms with Crippen LogP contribution in [0.15, 0.2) is 48.3 Å². The van der Waals surface area contributed by atoms with E-state index in [4.69, 9.17) is 14.2 Å². The zero-order chi connectivity index (χ0) is 28.0. The third-order valence-electron chi connectivity index (χ3n) is 8.65. The van der Waals surface area contributed by atoms with Crippen LogP contribution < -0.4 is 0 Å². The first kappa shape index (κ1) is 27.7. The highest BCUT2D eigenvalue weighted by atomic mass is 16.6. The fourth-order valence-corrected chi connectivity index (χ4v) is 6.71. The Labute approximate surface area is 223 Å². The van der Waals surface area contributed by atoms with Crippen LogP contribution in [0.5, 0.6) is 0 Å². The number of allylic oxidation sites excluding steroid dienone is 1. The van der Waals surface area contributed by atoms with Gasteiger partial charge in [-0.05, 0) is 66.2 Å². The Morgan fingerprint density at radius 2 is 1.84 bits per heavy atom. The van der Waals surface area contributed by atoms with Gasteiger partial charge >= 0.3 is 17.9 Å². The van der Waals surface area contributed by atoms with Crippen molar-refractivity contribution < 1.29 is 33.4 Å². The number of Topliss-reactive ketones (excluding diaryl/α,β-unsaturated/α-hetero) is 1. The van der Waals surface area contributed by atoms with E-state index in [-0.39, 0.29) is 29.1 Å². The molecule has 0 N–H and O–H groups in total. The van der Waals surface area contributed by atoms with Gasteiger partial charge in [-0.3, -0.25) is 19.4 Å². The van der Waals surface area contributed by atoms with Gasteiger partial charge in [-0.15, -0.1) is 0 Å². The lowest BCUT2D eigenvalue weighted by atomic mass is 9.76. The number of rotatable bonds is 4. The van der Waals surface area contributed by atoms with E-state index in [2.05, 4.69) is 25.4 Å². The number of carbonyl (C=O) groups excluding carboxylic acids is 4. The normalized spacial score (nSPS) is 35.5. The van der Waals surface area contributed by atoms with Crippen LogP contribution in [0.1, 0.15) is 71.2 Å². The summed E-state index contributed by atoms with van der Waals surface area (Å²) < 4.78 is 17.8. The highest BCUT2D eigenvalue weighted by Crippen LogP contribution is 2.62.